The highest BCUT2D eigenvalue weighted by Crippen LogP contribution is 2.33. The largest absolute Gasteiger partial charge is 0.394 e. The summed E-state index contributed by atoms with van der Waals surface area (Å²) in [6.45, 7) is 0.770. The number of carbonyl (C=O) groups is 1. The Balaban J connectivity index is 1.47. The third-order valence-corrected chi connectivity index (χ3v) is 6.30. The number of aliphatic imine (C=N–C) groups is 1. The lowest BCUT2D eigenvalue weighted by molar-refractivity contribution is -0.142. The number of alkyl halides is 5. The number of halogens is 5. The first-order chi connectivity index (χ1) is 17.9. The Morgan fingerprint density at radius 3 is 2.74 bits per heavy atom. The summed E-state index contributed by atoms with van der Waals surface area (Å²) < 4.78 is 70.6. The lowest BCUT2D eigenvalue weighted by atomic mass is 9.94. The van der Waals surface area contributed by atoms with Gasteiger partial charge in [0.2, 0.25) is 5.91 Å². The molecule has 1 fully saturated rings. The van der Waals surface area contributed by atoms with E-state index < -0.39 is 36.9 Å². The summed E-state index contributed by atoms with van der Waals surface area (Å²) >= 11 is 0. The van der Waals surface area contributed by atoms with E-state index in [1.807, 2.05) is 0 Å². The molecule has 0 spiro atoms. The van der Waals surface area contributed by atoms with E-state index in [1.165, 1.54) is 11.4 Å². The van der Waals surface area contributed by atoms with Crippen molar-refractivity contribution in [2.24, 2.45) is 10.9 Å². The molecule has 1 aliphatic rings. The summed E-state index contributed by atoms with van der Waals surface area (Å²) in [5.41, 5.74) is 1.52. The first-order valence-electron chi connectivity index (χ1n) is 11.6. The Hall–Kier alpha value is -4.17. The van der Waals surface area contributed by atoms with Crippen molar-refractivity contribution in [3.63, 3.8) is 0 Å². The van der Waals surface area contributed by atoms with E-state index in [0.29, 0.717) is 22.6 Å². The number of hydrogen-bond acceptors (Lipinski definition) is 7. The fraction of sp³-hybridized carbons (Fsp3) is 0.391. The molecule has 10 nitrogen and oxygen atoms in total. The lowest BCUT2D eigenvalue weighted by Crippen LogP contribution is -2.50. The normalized spacial score (nSPS) is 18.1. The molecule has 1 amide bonds. The van der Waals surface area contributed by atoms with Crippen LogP contribution in [0.25, 0.3) is 22.4 Å². The summed E-state index contributed by atoms with van der Waals surface area (Å²) in [6.07, 6.45) is -1.72. The van der Waals surface area contributed by atoms with E-state index >= 15 is 0 Å². The molecular weight excluding hydrogens is 513 g/mol. The Morgan fingerprint density at radius 1 is 1.26 bits per heavy atom. The molecule has 5 heterocycles. The summed E-state index contributed by atoms with van der Waals surface area (Å²) in [5, 5.41) is 11.6. The minimum Gasteiger partial charge on any atom is -0.371 e. The van der Waals surface area contributed by atoms with Gasteiger partial charge in [0, 0.05) is 38.5 Å². The van der Waals surface area contributed by atoms with Gasteiger partial charge in [-0.1, -0.05) is 0 Å². The molecule has 1 saturated heterocycles. The lowest BCUT2D eigenvalue weighted by Gasteiger charge is -2.36. The molecule has 0 aliphatic carbocycles. The van der Waals surface area contributed by atoms with Gasteiger partial charge in [0.1, 0.15) is 5.52 Å². The van der Waals surface area contributed by atoms with Gasteiger partial charge in [-0.2, -0.15) is 23.3 Å². The number of likely N-dealkylation sites (tertiary alicyclic amines) is 1. The van der Waals surface area contributed by atoms with Crippen LogP contribution in [-0.2, 0) is 11.2 Å². The smallest absolute Gasteiger partial charge is 0.371 e. The number of nitrogens with one attached hydrogen (secondary N) is 1. The highest BCUT2D eigenvalue weighted by atomic mass is 19.4. The van der Waals surface area contributed by atoms with Crippen molar-refractivity contribution >= 4 is 35.1 Å². The SMILES string of the molecule is CNc1nc(N=CC2CCN(C(C)=O)CC2(F)F)nn2ccc(-c3ccc4ncc(CC(F)(F)F)n4n3)c12. The van der Waals surface area contributed by atoms with Gasteiger partial charge in [-0.25, -0.2) is 27.8 Å². The average molecular weight is 535 g/mol. The third-order valence-electron chi connectivity index (χ3n) is 6.30. The summed E-state index contributed by atoms with van der Waals surface area (Å²) in [6, 6.07) is 4.84. The van der Waals surface area contributed by atoms with Crippen molar-refractivity contribution in [2.75, 3.05) is 25.5 Å². The highest BCUT2D eigenvalue weighted by molar-refractivity contribution is 5.87. The van der Waals surface area contributed by atoms with Crippen LogP contribution in [0, 0.1) is 5.92 Å². The summed E-state index contributed by atoms with van der Waals surface area (Å²) in [7, 11) is 1.60. The van der Waals surface area contributed by atoms with Crippen LogP contribution in [-0.4, -0.2) is 78.5 Å². The quantitative estimate of drug-likeness (QED) is 0.308. The number of hydrogen-bond donors (Lipinski definition) is 1. The first-order valence-corrected chi connectivity index (χ1v) is 11.6. The predicted molar refractivity (Wildman–Crippen MR) is 128 cm³/mol. The molecule has 1 N–H and O–H groups in total. The van der Waals surface area contributed by atoms with Crippen molar-refractivity contribution in [3.05, 3.63) is 36.3 Å². The van der Waals surface area contributed by atoms with E-state index in [1.54, 1.807) is 31.4 Å². The summed E-state index contributed by atoms with van der Waals surface area (Å²) in [5.74, 6) is -4.50. The molecule has 0 saturated carbocycles. The molecule has 1 unspecified atom stereocenters. The van der Waals surface area contributed by atoms with Gasteiger partial charge in [-0.05, 0) is 24.6 Å². The third kappa shape index (κ3) is 4.87. The number of rotatable bonds is 5. The predicted octanol–water partition coefficient (Wildman–Crippen LogP) is 3.79. The minimum atomic E-state index is -4.42. The Kier molecular flexibility index (Phi) is 6.23. The molecule has 38 heavy (non-hydrogen) atoms. The zero-order valence-corrected chi connectivity index (χ0v) is 20.2. The van der Waals surface area contributed by atoms with Gasteiger partial charge < -0.3 is 10.2 Å². The molecule has 4 aromatic heterocycles. The Morgan fingerprint density at radius 2 is 2.05 bits per heavy atom. The standard InChI is InChI=1S/C23H22F5N9O/c1-13(38)35-7-5-14(22(24,25)12-35)10-31-21-32-20(29-2)19-16(6-8-36(19)34-21)17-3-4-18-30-11-15(37(18)33-17)9-23(26,27)28/h3-4,6,8,10-11,14H,5,7,9,12H2,1-2H3,(H,29,32,34). The zero-order chi connectivity index (χ0) is 27.2. The van der Waals surface area contributed by atoms with E-state index in [2.05, 4.69) is 30.5 Å². The topological polar surface area (TPSA) is 105 Å². The molecule has 1 aliphatic heterocycles. The number of carbonyl (C=O) groups excluding carboxylic acids is 1. The van der Waals surface area contributed by atoms with Crippen molar-refractivity contribution in [1.29, 1.82) is 0 Å². The number of aromatic nitrogens is 6. The maximum Gasteiger partial charge on any atom is 0.394 e. The number of imidazole rings is 1. The van der Waals surface area contributed by atoms with E-state index in [-0.39, 0.29) is 30.3 Å². The van der Waals surface area contributed by atoms with Crippen LogP contribution >= 0.6 is 0 Å². The zero-order valence-electron chi connectivity index (χ0n) is 20.2. The number of piperidine rings is 1. The maximum absolute atomic E-state index is 14.6. The second-order valence-electron chi connectivity index (χ2n) is 8.94. The monoisotopic (exact) mass is 535 g/mol. The second-order valence-corrected chi connectivity index (χ2v) is 8.94. The second kappa shape index (κ2) is 9.29. The molecule has 1 atom stereocenters. The molecular formula is C23H22F5N9O. The van der Waals surface area contributed by atoms with E-state index in [4.69, 9.17) is 0 Å². The number of anilines is 1. The van der Waals surface area contributed by atoms with Gasteiger partial charge in [0.25, 0.3) is 11.9 Å². The fourth-order valence-electron chi connectivity index (χ4n) is 4.40. The van der Waals surface area contributed by atoms with Crippen LogP contribution in [0.5, 0.6) is 0 Å². The fourth-order valence-corrected chi connectivity index (χ4v) is 4.40. The van der Waals surface area contributed by atoms with E-state index in [0.717, 1.165) is 21.8 Å². The van der Waals surface area contributed by atoms with Crippen molar-refractivity contribution in [2.45, 2.75) is 31.9 Å². The van der Waals surface area contributed by atoms with Crippen LogP contribution in [0.1, 0.15) is 19.0 Å². The number of nitrogens with zero attached hydrogens (tertiary/aromatic N) is 8. The van der Waals surface area contributed by atoms with Crippen molar-refractivity contribution in [3.8, 4) is 11.3 Å². The molecule has 5 rings (SSSR count). The number of amides is 1. The molecule has 0 radical (unpaired) electrons. The highest BCUT2D eigenvalue weighted by Gasteiger charge is 2.44. The molecule has 0 bridgehead atoms. The molecule has 200 valence electrons. The van der Waals surface area contributed by atoms with E-state index in [9.17, 15) is 26.7 Å². The van der Waals surface area contributed by atoms with Gasteiger partial charge >= 0.3 is 6.18 Å². The van der Waals surface area contributed by atoms with Crippen LogP contribution in [0.4, 0.5) is 33.7 Å². The molecule has 15 heteroatoms. The Bertz CT molecular complexity index is 1540. The van der Waals surface area contributed by atoms with Crippen LogP contribution in [0.3, 0.4) is 0 Å². The van der Waals surface area contributed by atoms with Gasteiger partial charge in [-0.3, -0.25) is 4.79 Å². The van der Waals surface area contributed by atoms with Gasteiger partial charge in [-0.15, -0.1) is 5.10 Å². The average Bonchev–Trinajstić information content (AvgIpc) is 3.45. The summed E-state index contributed by atoms with van der Waals surface area (Å²) in [4.78, 5) is 25.0. The van der Waals surface area contributed by atoms with Gasteiger partial charge in [0.15, 0.2) is 11.5 Å². The first kappa shape index (κ1) is 25.5. The number of fused-ring (bicyclic) bond motifs is 2. The van der Waals surface area contributed by atoms with Crippen molar-refractivity contribution < 1.29 is 26.7 Å². The maximum atomic E-state index is 14.6. The van der Waals surface area contributed by atoms with Crippen molar-refractivity contribution in [1.82, 2.24) is 34.1 Å². The van der Waals surface area contributed by atoms with Crippen LogP contribution in [0.2, 0.25) is 0 Å². The molecule has 4 aromatic rings. The van der Waals surface area contributed by atoms with Gasteiger partial charge in [0.05, 0.1) is 36.5 Å². The van der Waals surface area contributed by atoms with Crippen LogP contribution in [0.15, 0.2) is 35.6 Å². The van der Waals surface area contributed by atoms with Crippen LogP contribution < -0.4 is 5.32 Å². The molecule has 0 aromatic carbocycles. The Labute approximate surface area is 212 Å². The minimum absolute atomic E-state index is 0.0452.